The Morgan fingerprint density at radius 1 is 1.38 bits per heavy atom. The Bertz CT molecular complexity index is 176. The zero-order chi connectivity index (χ0) is 9.19. The van der Waals surface area contributed by atoms with Gasteiger partial charge >= 0.3 is 0 Å². The third-order valence-corrected chi connectivity index (χ3v) is 2.37. The van der Waals surface area contributed by atoms with E-state index in [1.165, 1.54) is 0 Å². The average Bonchev–Trinajstić information content (AvgIpc) is 2.36. The summed E-state index contributed by atoms with van der Waals surface area (Å²) in [5.41, 5.74) is 5.37. The molecular formula is C9H19ClN2O. The van der Waals surface area contributed by atoms with E-state index in [4.69, 9.17) is 5.73 Å². The highest BCUT2D eigenvalue weighted by molar-refractivity contribution is 5.86. The van der Waals surface area contributed by atoms with E-state index in [9.17, 15) is 4.79 Å². The molecule has 0 aromatic rings. The summed E-state index contributed by atoms with van der Waals surface area (Å²) in [5.74, 6) is 0.0231. The van der Waals surface area contributed by atoms with Crippen molar-refractivity contribution in [1.82, 2.24) is 5.32 Å². The molecule has 0 atom stereocenters. The van der Waals surface area contributed by atoms with E-state index in [0.717, 1.165) is 25.7 Å². The molecule has 4 heteroatoms. The fourth-order valence-corrected chi connectivity index (χ4v) is 1.64. The summed E-state index contributed by atoms with van der Waals surface area (Å²) in [6.45, 7) is 3.91. The van der Waals surface area contributed by atoms with Gasteiger partial charge in [-0.15, -0.1) is 12.4 Å². The molecular weight excluding hydrogens is 188 g/mol. The second-order valence-corrected chi connectivity index (χ2v) is 3.99. The van der Waals surface area contributed by atoms with Crippen molar-refractivity contribution >= 4 is 18.3 Å². The first-order valence-electron chi connectivity index (χ1n) is 4.64. The second-order valence-electron chi connectivity index (χ2n) is 3.99. The third kappa shape index (κ3) is 3.16. The molecule has 0 bridgehead atoms. The Balaban J connectivity index is 0.00000144. The summed E-state index contributed by atoms with van der Waals surface area (Å²) in [7, 11) is 0. The lowest BCUT2D eigenvalue weighted by Gasteiger charge is -2.23. The van der Waals surface area contributed by atoms with E-state index in [-0.39, 0.29) is 24.4 Å². The maximum atomic E-state index is 11.5. The van der Waals surface area contributed by atoms with E-state index in [1.807, 2.05) is 13.8 Å². The number of carbonyl (C=O) groups excluding carboxylic acids is 1. The Kier molecular flexibility index (Phi) is 4.71. The monoisotopic (exact) mass is 206 g/mol. The number of amides is 1. The predicted octanol–water partition coefficient (Wildman–Crippen LogP) is 1.20. The Morgan fingerprint density at radius 2 is 1.85 bits per heavy atom. The molecule has 0 unspecified atom stereocenters. The van der Waals surface area contributed by atoms with Crippen molar-refractivity contribution in [2.24, 2.45) is 5.73 Å². The molecule has 0 saturated heterocycles. The zero-order valence-electron chi connectivity index (χ0n) is 8.30. The van der Waals surface area contributed by atoms with Crippen LogP contribution in [0.5, 0.6) is 0 Å². The minimum Gasteiger partial charge on any atom is -0.352 e. The smallest absolute Gasteiger partial charge is 0.240 e. The van der Waals surface area contributed by atoms with Crippen LogP contribution in [0.3, 0.4) is 0 Å². The van der Waals surface area contributed by atoms with Gasteiger partial charge in [-0.3, -0.25) is 4.79 Å². The standard InChI is InChI=1S/C9H18N2O.ClH/c1-7(2)11-8(12)9(10)5-3-4-6-9;/h7H,3-6,10H2,1-2H3,(H,11,12);1H. The van der Waals surface area contributed by atoms with Gasteiger partial charge in [0.25, 0.3) is 0 Å². The fraction of sp³-hybridized carbons (Fsp3) is 0.889. The number of rotatable bonds is 2. The highest BCUT2D eigenvalue weighted by atomic mass is 35.5. The number of nitrogens with one attached hydrogen (secondary N) is 1. The van der Waals surface area contributed by atoms with Gasteiger partial charge in [0.05, 0.1) is 5.54 Å². The normalized spacial score (nSPS) is 19.7. The minimum absolute atomic E-state index is 0. The molecule has 1 amide bonds. The number of hydrogen-bond acceptors (Lipinski definition) is 2. The van der Waals surface area contributed by atoms with Crippen molar-refractivity contribution in [2.75, 3.05) is 0 Å². The van der Waals surface area contributed by atoms with Gasteiger partial charge in [0.15, 0.2) is 0 Å². The number of carbonyl (C=O) groups is 1. The first-order chi connectivity index (χ1) is 5.54. The van der Waals surface area contributed by atoms with Gasteiger partial charge in [0, 0.05) is 6.04 Å². The molecule has 0 heterocycles. The molecule has 0 spiro atoms. The fourth-order valence-electron chi connectivity index (χ4n) is 1.64. The van der Waals surface area contributed by atoms with E-state index in [0.29, 0.717) is 0 Å². The summed E-state index contributed by atoms with van der Waals surface area (Å²) in [6, 6.07) is 0.193. The van der Waals surface area contributed by atoms with Crippen LogP contribution in [0.4, 0.5) is 0 Å². The van der Waals surface area contributed by atoms with Crippen LogP contribution in [-0.2, 0) is 4.79 Å². The van der Waals surface area contributed by atoms with Gasteiger partial charge in [-0.2, -0.15) is 0 Å². The van der Waals surface area contributed by atoms with Crippen molar-refractivity contribution < 1.29 is 4.79 Å². The predicted molar refractivity (Wildman–Crippen MR) is 55.9 cm³/mol. The summed E-state index contributed by atoms with van der Waals surface area (Å²) >= 11 is 0. The number of nitrogens with two attached hydrogens (primary N) is 1. The van der Waals surface area contributed by atoms with E-state index in [2.05, 4.69) is 5.32 Å². The van der Waals surface area contributed by atoms with Gasteiger partial charge < -0.3 is 11.1 Å². The third-order valence-electron chi connectivity index (χ3n) is 2.37. The molecule has 1 rings (SSSR count). The Labute approximate surface area is 85.9 Å². The second kappa shape index (κ2) is 4.82. The maximum absolute atomic E-state index is 11.5. The van der Waals surface area contributed by atoms with Gasteiger partial charge in [-0.05, 0) is 26.7 Å². The van der Waals surface area contributed by atoms with Crippen LogP contribution in [0.25, 0.3) is 0 Å². The van der Waals surface area contributed by atoms with Crippen LogP contribution >= 0.6 is 12.4 Å². The molecule has 3 N–H and O–H groups in total. The zero-order valence-corrected chi connectivity index (χ0v) is 9.12. The molecule has 1 saturated carbocycles. The topological polar surface area (TPSA) is 55.1 Å². The lowest BCUT2D eigenvalue weighted by Crippen LogP contribution is -2.53. The van der Waals surface area contributed by atoms with E-state index in [1.54, 1.807) is 0 Å². The first-order valence-corrected chi connectivity index (χ1v) is 4.64. The molecule has 0 radical (unpaired) electrons. The molecule has 1 fully saturated rings. The molecule has 13 heavy (non-hydrogen) atoms. The Hall–Kier alpha value is -0.280. The van der Waals surface area contributed by atoms with Gasteiger partial charge in [0.2, 0.25) is 5.91 Å². The van der Waals surface area contributed by atoms with Crippen LogP contribution in [0.15, 0.2) is 0 Å². The molecule has 1 aliphatic carbocycles. The highest BCUT2D eigenvalue weighted by Crippen LogP contribution is 2.27. The first kappa shape index (κ1) is 12.7. The quantitative estimate of drug-likeness (QED) is 0.714. The van der Waals surface area contributed by atoms with Gasteiger partial charge in [0.1, 0.15) is 0 Å². The molecule has 0 aromatic heterocycles. The van der Waals surface area contributed by atoms with Crippen LogP contribution in [0.2, 0.25) is 0 Å². The highest BCUT2D eigenvalue weighted by Gasteiger charge is 2.36. The van der Waals surface area contributed by atoms with Crippen molar-refractivity contribution in [1.29, 1.82) is 0 Å². The minimum atomic E-state index is -0.565. The largest absolute Gasteiger partial charge is 0.352 e. The average molecular weight is 207 g/mol. The van der Waals surface area contributed by atoms with Gasteiger partial charge in [-0.25, -0.2) is 0 Å². The van der Waals surface area contributed by atoms with E-state index < -0.39 is 5.54 Å². The molecule has 78 valence electrons. The van der Waals surface area contributed by atoms with Crippen molar-refractivity contribution in [3.05, 3.63) is 0 Å². The molecule has 0 aliphatic heterocycles. The van der Waals surface area contributed by atoms with Crippen LogP contribution in [-0.4, -0.2) is 17.5 Å². The van der Waals surface area contributed by atoms with Crippen molar-refractivity contribution in [3.8, 4) is 0 Å². The summed E-state index contributed by atoms with van der Waals surface area (Å²) in [4.78, 5) is 11.5. The van der Waals surface area contributed by atoms with Crippen molar-refractivity contribution in [3.63, 3.8) is 0 Å². The number of halogens is 1. The summed E-state index contributed by atoms with van der Waals surface area (Å²) < 4.78 is 0. The van der Waals surface area contributed by atoms with Gasteiger partial charge in [-0.1, -0.05) is 12.8 Å². The van der Waals surface area contributed by atoms with Crippen LogP contribution in [0, 0.1) is 0 Å². The Morgan fingerprint density at radius 3 is 2.23 bits per heavy atom. The molecule has 3 nitrogen and oxygen atoms in total. The SMILES string of the molecule is CC(C)NC(=O)C1(N)CCCC1.Cl. The summed E-state index contributed by atoms with van der Waals surface area (Å²) in [6.07, 6.45) is 3.85. The van der Waals surface area contributed by atoms with Crippen LogP contribution in [0.1, 0.15) is 39.5 Å². The molecule has 0 aromatic carbocycles. The number of hydrogen-bond donors (Lipinski definition) is 2. The maximum Gasteiger partial charge on any atom is 0.240 e. The lowest BCUT2D eigenvalue weighted by molar-refractivity contribution is -0.126. The van der Waals surface area contributed by atoms with E-state index >= 15 is 0 Å². The van der Waals surface area contributed by atoms with Crippen molar-refractivity contribution in [2.45, 2.75) is 51.1 Å². The summed E-state index contributed by atoms with van der Waals surface area (Å²) in [5, 5.41) is 2.86. The lowest BCUT2D eigenvalue weighted by atomic mass is 9.98. The van der Waals surface area contributed by atoms with Crippen LogP contribution < -0.4 is 11.1 Å². The molecule has 1 aliphatic rings.